The van der Waals surface area contributed by atoms with Crippen LogP contribution in [0.4, 0.5) is 4.39 Å². The molecule has 2 rings (SSSR count). The SMILES string of the molecule is Cl.N[C@@H](c1cccc(Cl)c1F)[C@H](O)C1CCC1. The maximum atomic E-state index is 13.7. The molecule has 1 fully saturated rings. The molecular formula is C12H16Cl2FNO. The molecule has 2 nitrogen and oxygen atoms in total. The predicted octanol–water partition coefficient (Wildman–Crippen LogP) is 3.06. The molecule has 0 aliphatic heterocycles. The minimum absolute atomic E-state index is 0. The molecule has 5 heteroatoms. The van der Waals surface area contributed by atoms with Crippen molar-refractivity contribution in [3.63, 3.8) is 0 Å². The van der Waals surface area contributed by atoms with Crippen molar-refractivity contribution in [1.82, 2.24) is 0 Å². The van der Waals surface area contributed by atoms with Gasteiger partial charge in [0, 0.05) is 5.56 Å². The molecule has 1 aromatic carbocycles. The highest BCUT2D eigenvalue weighted by molar-refractivity contribution is 6.30. The number of aliphatic hydroxyl groups excluding tert-OH is 1. The van der Waals surface area contributed by atoms with Crippen LogP contribution in [0.15, 0.2) is 18.2 Å². The number of hydrogen-bond acceptors (Lipinski definition) is 2. The third kappa shape index (κ3) is 2.91. The molecule has 3 N–H and O–H groups in total. The summed E-state index contributed by atoms with van der Waals surface area (Å²) in [4.78, 5) is 0. The van der Waals surface area contributed by atoms with Crippen molar-refractivity contribution in [3.05, 3.63) is 34.6 Å². The lowest BCUT2D eigenvalue weighted by molar-refractivity contribution is 0.0405. The van der Waals surface area contributed by atoms with Crippen molar-refractivity contribution in [3.8, 4) is 0 Å². The maximum Gasteiger partial charge on any atom is 0.146 e. The Kier molecular flexibility index (Phi) is 5.20. The van der Waals surface area contributed by atoms with Crippen LogP contribution in [0.1, 0.15) is 30.9 Å². The van der Waals surface area contributed by atoms with Crippen LogP contribution in [0.3, 0.4) is 0 Å². The zero-order valence-electron chi connectivity index (χ0n) is 9.27. The lowest BCUT2D eigenvalue weighted by Gasteiger charge is -2.33. The van der Waals surface area contributed by atoms with Crippen molar-refractivity contribution in [1.29, 1.82) is 0 Å². The standard InChI is InChI=1S/C12H15ClFNO.ClH/c13-9-6-2-5-8(10(9)14)11(15)12(16)7-3-1-4-7;/h2,5-7,11-12,16H,1,3-4,15H2;1H/t11-,12+;/m0./s1. The summed E-state index contributed by atoms with van der Waals surface area (Å²) >= 11 is 5.68. The first-order valence-corrected chi connectivity index (χ1v) is 5.86. The third-order valence-corrected chi connectivity index (χ3v) is 3.63. The zero-order valence-corrected chi connectivity index (χ0v) is 10.8. The van der Waals surface area contributed by atoms with Crippen LogP contribution in [0.2, 0.25) is 5.02 Å². The monoisotopic (exact) mass is 279 g/mol. The molecule has 1 aromatic rings. The van der Waals surface area contributed by atoms with Crippen molar-refractivity contribution in [2.75, 3.05) is 0 Å². The van der Waals surface area contributed by atoms with E-state index in [-0.39, 0.29) is 23.3 Å². The highest BCUT2D eigenvalue weighted by Crippen LogP contribution is 2.35. The molecule has 0 radical (unpaired) electrons. The Labute approximate surface area is 111 Å². The molecule has 0 bridgehead atoms. The van der Waals surface area contributed by atoms with Gasteiger partial charge in [-0.3, -0.25) is 0 Å². The van der Waals surface area contributed by atoms with Gasteiger partial charge in [-0.25, -0.2) is 4.39 Å². The van der Waals surface area contributed by atoms with Crippen LogP contribution in [0.5, 0.6) is 0 Å². The normalized spacial score (nSPS) is 19.1. The predicted molar refractivity (Wildman–Crippen MR) is 68.9 cm³/mol. The quantitative estimate of drug-likeness (QED) is 0.893. The fraction of sp³-hybridized carbons (Fsp3) is 0.500. The van der Waals surface area contributed by atoms with Crippen LogP contribution in [0.25, 0.3) is 0 Å². The molecule has 1 aliphatic carbocycles. The third-order valence-electron chi connectivity index (χ3n) is 3.34. The molecule has 0 spiro atoms. The van der Waals surface area contributed by atoms with Crippen LogP contribution in [-0.2, 0) is 0 Å². The summed E-state index contributed by atoms with van der Waals surface area (Å²) in [6.07, 6.45) is 2.38. The summed E-state index contributed by atoms with van der Waals surface area (Å²) in [6.45, 7) is 0. The lowest BCUT2D eigenvalue weighted by atomic mass is 9.77. The van der Waals surface area contributed by atoms with Gasteiger partial charge in [0.15, 0.2) is 0 Å². The Balaban J connectivity index is 0.00000144. The van der Waals surface area contributed by atoms with E-state index in [1.807, 2.05) is 0 Å². The molecule has 17 heavy (non-hydrogen) atoms. The van der Waals surface area contributed by atoms with Crippen molar-refractivity contribution in [2.45, 2.75) is 31.4 Å². The van der Waals surface area contributed by atoms with Crippen LogP contribution in [0, 0.1) is 11.7 Å². The molecule has 0 aromatic heterocycles. The second-order valence-electron chi connectivity index (χ2n) is 4.35. The van der Waals surface area contributed by atoms with E-state index in [4.69, 9.17) is 17.3 Å². The fourth-order valence-electron chi connectivity index (χ4n) is 2.04. The van der Waals surface area contributed by atoms with E-state index < -0.39 is 18.0 Å². The molecule has 1 saturated carbocycles. The number of benzene rings is 1. The van der Waals surface area contributed by atoms with Crippen molar-refractivity contribution >= 4 is 24.0 Å². The van der Waals surface area contributed by atoms with Gasteiger partial charge in [-0.2, -0.15) is 0 Å². The minimum Gasteiger partial charge on any atom is -0.391 e. The summed E-state index contributed by atoms with van der Waals surface area (Å²) in [5.41, 5.74) is 6.17. The number of nitrogens with two attached hydrogens (primary N) is 1. The van der Waals surface area contributed by atoms with Gasteiger partial charge >= 0.3 is 0 Å². The van der Waals surface area contributed by atoms with Gasteiger partial charge < -0.3 is 10.8 Å². The number of aliphatic hydroxyl groups is 1. The summed E-state index contributed by atoms with van der Waals surface area (Å²) in [6, 6.07) is 4.01. The molecular weight excluding hydrogens is 264 g/mol. The van der Waals surface area contributed by atoms with E-state index >= 15 is 0 Å². The highest BCUT2D eigenvalue weighted by atomic mass is 35.5. The van der Waals surface area contributed by atoms with Gasteiger partial charge in [-0.05, 0) is 24.8 Å². The van der Waals surface area contributed by atoms with Crippen LogP contribution >= 0.6 is 24.0 Å². The topological polar surface area (TPSA) is 46.2 Å². The van der Waals surface area contributed by atoms with Crippen LogP contribution < -0.4 is 5.73 Å². The average molecular weight is 280 g/mol. The summed E-state index contributed by atoms with van der Waals surface area (Å²) in [5.74, 6) is -0.316. The second kappa shape index (κ2) is 6.01. The van der Waals surface area contributed by atoms with Gasteiger partial charge in [-0.1, -0.05) is 30.2 Å². The molecule has 96 valence electrons. The molecule has 0 unspecified atom stereocenters. The maximum absolute atomic E-state index is 13.7. The lowest BCUT2D eigenvalue weighted by Crippen LogP contribution is -2.36. The molecule has 0 amide bonds. The largest absolute Gasteiger partial charge is 0.391 e. The van der Waals surface area contributed by atoms with Gasteiger partial charge in [-0.15, -0.1) is 12.4 Å². The first-order chi connectivity index (χ1) is 7.61. The highest BCUT2D eigenvalue weighted by Gasteiger charge is 2.32. The summed E-state index contributed by atoms with van der Waals surface area (Å²) in [5, 5.41) is 10.0. The first kappa shape index (κ1) is 14.7. The van der Waals surface area contributed by atoms with E-state index in [9.17, 15) is 9.50 Å². The number of halogens is 3. The number of hydrogen-bond donors (Lipinski definition) is 2. The number of rotatable bonds is 3. The Hall–Kier alpha value is -0.350. The molecule has 0 saturated heterocycles. The van der Waals surface area contributed by atoms with Gasteiger partial charge in [0.1, 0.15) is 5.82 Å². The van der Waals surface area contributed by atoms with Crippen LogP contribution in [-0.4, -0.2) is 11.2 Å². The van der Waals surface area contributed by atoms with Gasteiger partial charge in [0.05, 0.1) is 17.2 Å². The Morgan fingerprint density at radius 1 is 1.41 bits per heavy atom. The Morgan fingerprint density at radius 3 is 2.59 bits per heavy atom. The van der Waals surface area contributed by atoms with E-state index in [0.29, 0.717) is 5.56 Å². The van der Waals surface area contributed by atoms with E-state index in [0.717, 1.165) is 19.3 Å². The molecule has 2 atom stereocenters. The van der Waals surface area contributed by atoms with E-state index in [1.54, 1.807) is 12.1 Å². The summed E-state index contributed by atoms with van der Waals surface area (Å²) < 4.78 is 13.7. The first-order valence-electron chi connectivity index (χ1n) is 5.49. The van der Waals surface area contributed by atoms with Gasteiger partial charge in [0.2, 0.25) is 0 Å². The summed E-state index contributed by atoms with van der Waals surface area (Å²) in [7, 11) is 0. The smallest absolute Gasteiger partial charge is 0.146 e. The minimum atomic E-state index is -0.691. The average Bonchev–Trinajstić information content (AvgIpc) is 2.18. The van der Waals surface area contributed by atoms with Crippen molar-refractivity contribution < 1.29 is 9.50 Å². The molecule has 0 heterocycles. The van der Waals surface area contributed by atoms with E-state index in [1.165, 1.54) is 6.07 Å². The fourth-order valence-corrected chi connectivity index (χ4v) is 2.22. The Morgan fingerprint density at radius 2 is 2.06 bits per heavy atom. The van der Waals surface area contributed by atoms with Gasteiger partial charge in [0.25, 0.3) is 0 Å². The Bertz CT molecular complexity index is 385. The van der Waals surface area contributed by atoms with E-state index in [2.05, 4.69) is 0 Å². The second-order valence-corrected chi connectivity index (χ2v) is 4.76. The van der Waals surface area contributed by atoms with Crippen molar-refractivity contribution in [2.24, 2.45) is 11.7 Å². The zero-order chi connectivity index (χ0) is 11.7. The molecule has 1 aliphatic rings.